The lowest BCUT2D eigenvalue weighted by Gasteiger charge is -2.12. The minimum Gasteiger partial charge on any atom is -0.406 e. The number of hydrogen-bond acceptors (Lipinski definition) is 6. The van der Waals surface area contributed by atoms with Crippen LogP contribution in [0.25, 0.3) is 11.2 Å². The number of rotatable bonds is 4. The van der Waals surface area contributed by atoms with Crippen LogP contribution in [0.4, 0.5) is 0 Å². The third-order valence-electron chi connectivity index (χ3n) is 4.70. The van der Waals surface area contributed by atoms with Gasteiger partial charge in [-0.05, 0) is 24.0 Å². The van der Waals surface area contributed by atoms with Crippen LogP contribution in [-0.2, 0) is 6.61 Å². The molecule has 0 saturated heterocycles. The van der Waals surface area contributed by atoms with Crippen molar-refractivity contribution in [1.29, 1.82) is 5.26 Å². The van der Waals surface area contributed by atoms with Crippen LogP contribution in [0.5, 0.6) is 0 Å². The number of hydrogen-bond donors (Lipinski definition) is 1. The number of nitriles is 1. The van der Waals surface area contributed by atoms with Gasteiger partial charge in [-0.2, -0.15) is 9.99 Å². The summed E-state index contributed by atoms with van der Waals surface area (Å²) in [6.07, 6.45) is 5.66. The minimum absolute atomic E-state index is 0.0287. The van der Waals surface area contributed by atoms with Gasteiger partial charge in [0.25, 0.3) is 0 Å². The molecule has 0 spiro atoms. The van der Waals surface area contributed by atoms with Crippen molar-refractivity contribution >= 4 is 11.2 Å². The largest absolute Gasteiger partial charge is 0.406 e. The predicted molar refractivity (Wildman–Crippen MR) is 96.8 cm³/mol. The van der Waals surface area contributed by atoms with Crippen molar-refractivity contribution in [3.05, 3.63) is 66.2 Å². The zero-order valence-electron chi connectivity index (χ0n) is 14.6. The van der Waals surface area contributed by atoms with Crippen LogP contribution in [-0.4, -0.2) is 30.5 Å². The molecule has 0 bridgehead atoms. The number of aromatic nitrogens is 4. The lowest BCUT2D eigenvalue weighted by atomic mass is 10.2. The van der Waals surface area contributed by atoms with Gasteiger partial charge in [-0.1, -0.05) is 36.9 Å². The lowest BCUT2D eigenvalue weighted by molar-refractivity contribution is 0.0862. The standard InChI is InChI=1S/C19H18N6O2/c1-13-7-15(8-16(13)26)24-11-22-17-18(24)23-12-25(19(17)21-10-20)27-9-14-5-3-2-4-6-14/h2-6,11-12,15-16,26H,1,7-9H2. The van der Waals surface area contributed by atoms with Gasteiger partial charge in [0.1, 0.15) is 12.9 Å². The summed E-state index contributed by atoms with van der Waals surface area (Å²) in [4.78, 5) is 18.5. The predicted octanol–water partition coefficient (Wildman–Crippen LogP) is 1.50. The van der Waals surface area contributed by atoms with Gasteiger partial charge in [0.15, 0.2) is 11.2 Å². The molecule has 136 valence electrons. The number of nitrogens with zero attached hydrogens (tertiary/aromatic N) is 6. The van der Waals surface area contributed by atoms with Crippen LogP contribution in [0.3, 0.4) is 0 Å². The fraction of sp³-hybridized carbons (Fsp3) is 0.263. The molecule has 27 heavy (non-hydrogen) atoms. The number of aliphatic hydroxyl groups excluding tert-OH is 1. The smallest absolute Gasteiger partial charge is 0.211 e. The number of imidazole rings is 1. The number of benzene rings is 1. The van der Waals surface area contributed by atoms with Crippen LogP contribution >= 0.6 is 0 Å². The van der Waals surface area contributed by atoms with Gasteiger partial charge < -0.3 is 14.5 Å². The van der Waals surface area contributed by atoms with Crippen molar-refractivity contribution in [2.75, 3.05) is 0 Å². The fourth-order valence-electron chi connectivity index (χ4n) is 3.29. The van der Waals surface area contributed by atoms with E-state index >= 15 is 0 Å². The van der Waals surface area contributed by atoms with E-state index in [0.29, 0.717) is 30.6 Å². The van der Waals surface area contributed by atoms with Crippen LogP contribution in [0, 0.1) is 11.5 Å². The molecule has 4 rings (SSSR count). The molecule has 0 amide bonds. The molecule has 1 fully saturated rings. The first-order valence-electron chi connectivity index (χ1n) is 8.57. The van der Waals surface area contributed by atoms with Crippen molar-refractivity contribution in [3.8, 4) is 6.19 Å². The topological polar surface area (TPSA) is 101 Å². The summed E-state index contributed by atoms with van der Waals surface area (Å²) in [7, 11) is 0. The molecular weight excluding hydrogens is 344 g/mol. The Hall–Kier alpha value is -3.44. The normalized spacial score (nSPS) is 20.1. The molecule has 1 N–H and O–H groups in total. The molecule has 2 atom stereocenters. The number of aliphatic hydroxyl groups is 1. The molecule has 1 aliphatic rings. The van der Waals surface area contributed by atoms with Gasteiger partial charge in [0, 0.05) is 6.04 Å². The summed E-state index contributed by atoms with van der Waals surface area (Å²) in [5, 5.41) is 19.1. The van der Waals surface area contributed by atoms with E-state index in [0.717, 1.165) is 11.1 Å². The van der Waals surface area contributed by atoms with Gasteiger partial charge in [-0.25, -0.2) is 9.97 Å². The Morgan fingerprint density at radius 2 is 2.11 bits per heavy atom. The van der Waals surface area contributed by atoms with Gasteiger partial charge in [-0.15, -0.1) is 4.99 Å². The van der Waals surface area contributed by atoms with E-state index < -0.39 is 6.10 Å². The summed E-state index contributed by atoms with van der Waals surface area (Å²) in [6.45, 7) is 4.21. The van der Waals surface area contributed by atoms with Gasteiger partial charge >= 0.3 is 0 Å². The van der Waals surface area contributed by atoms with Crippen LogP contribution in [0.15, 0.2) is 60.1 Å². The summed E-state index contributed by atoms with van der Waals surface area (Å²) in [5.41, 5.74) is 3.14. The zero-order valence-corrected chi connectivity index (χ0v) is 14.6. The van der Waals surface area contributed by atoms with E-state index in [1.54, 1.807) is 12.5 Å². The van der Waals surface area contributed by atoms with Crippen molar-refractivity contribution in [1.82, 2.24) is 19.3 Å². The maximum absolute atomic E-state index is 9.96. The lowest BCUT2D eigenvalue weighted by Crippen LogP contribution is -2.28. The molecule has 3 aromatic rings. The molecule has 0 radical (unpaired) electrons. The molecule has 2 heterocycles. The molecule has 0 aliphatic heterocycles. The van der Waals surface area contributed by atoms with E-state index in [1.165, 1.54) is 11.1 Å². The van der Waals surface area contributed by atoms with E-state index in [-0.39, 0.29) is 11.5 Å². The number of fused-ring (bicyclic) bond motifs is 1. The Morgan fingerprint density at radius 3 is 2.81 bits per heavy atom. The molecule has 1 aliphatic carbocycles. The third kappa shape index (κ3) is 3.20. The maximum Gasteiger partial charge on any atom is 0.211 e. The SMILES string of the molecule is C=C1CC(n2cnc3c(=NC#N)n(OCc4ccccc4)cnc32)CC1O. The molecule has 8 nitrogen and oxygen atoms in total. The Morgan fingerprint density at radius 1 is 1.30 bits per heavy atom. The van der Waals surface area contributed by atoms with Crippen molar-refractivity contribution in [2.45, 2.75) is 31.6 Å². The van der Waals surface area contributed by atoms with Crippen molar-refractivity contribution in [2.24, 2.45) is 4.99 Å². The van der Waals surface area contributed by atoms with Crippen molar-refractivity contribution < 1.29 is 9.94 Å². The second-order valence-electron chi connectivity index (χ2n) is 6.46. The Bertz CT molecular complexity index is 1090. The zero-order chi connectivity index (χ0) is 18.8. The van der Waals surface area contributed by atoms with Crippen LogP contribution in [0.1, 0.15) is 24.4 Å². The first-order valence-corrected chi connectivity index (χ1v) is 8.57. The van der Waals surface area contributed by atoms with Gasteiger partial charge in [0.05, 0.1) is 12.4 Å². The quantitative estimate of drug-likeness (QED) is 0.560. The van der Waals surface area contributed by atoms with E-state index in [9.17, 15) is 5.11 Å². The molecule has 8 heteroatoms. The molecule has 1 saturated carbocycles. The Labute approximate surface area is 155 Å². The highest BCUT2D eigenvalue weighted by atomic mass is 16.7. The fourth-order valence-corrected chi connectivity index (χ4v) is 3.29. The maximum atomic E-state index is 9.96. The summed E-state index contributed by atoms with van der Waals surface area (Å²) in [6, 6.07) is 9.71. The average Bonchev–Trinajstić information content (AvgIpc) is 3.25. The molecule has 2 unspecified atom stereocenters. The second-order valence-corrected chi connectivity index (χ2v) is 6.46. The van der Waals surface area contributed by atoms with Gasteiger partial charge in [0.2, 0.25) is 11.7 Å². The highest BCUT2D eigenvalue weighted by Crippen LogP contribution is 2.34. The highest BCUT2D eigenvalue weighted by molar-refractivity contribution is 5.69. The minimum atomic E-state index is -0.515. The highest BCUT2D eigenvalue weighted by Gasteiger charge is 2.29. The second kappa shape index (κ2) is 7.05. The summed E-state index contributed by atoms with van der Waals surface area (Å²) < 4.78 is 3.26. The molecular formula is C19H18N6O2. The summed E-state index contributed by atoms with van der Waals surface area (Å²) >= 11 is 0. The monoisotopic (exact) mass is 362 g/mol. The van der Waals surface area contributed by atoms with Crippen LogP contribution in [0.2, 0.25) is 0 Å². The Balaban J connectivity index is 1.70. The summed E-state index contributed by atoms with van der Waals surface area (Å²) in [5.74, 6) is 0. The molecule has 1 aromatic carbocycles. The van der Waals surface area contributed by atoms with E-state index in [1.807, 2.05) is 34.9 Å². The van der Waals surface area contributed by atoms with E-state index in [4.69, 9.17) is 10.1 Å². The first kappa shape index (κ1) is 17.0. The Kier molecular flexibility index (Phi) is 4.44. The van der Waals surface area contributed by atoms with Gasteiger partial charge in [-0.3, -0.25) is 0 Å². The third-order valence-corrected chi connectivity index (χ3v) is 4.70. The van der Waals surface area contributed by atoms with Crippen LogP contribution < -0.4 is 10.3 Å². The van der Waals surface area contributed by atoms with E-state index in [2.05, 4.69) is 21.5 Å². The molecule has 2 aromatic heterocycles. The van der Waals surface area contributed by atoms with Crippen molar-refractivity contribution in [3.63, 3.8) is 0 Å². The first-order chi connectivity index (χ1) is 13.2. The average molecular weight is 362 g/mol.